The molecule has 1 aliphatic carbocycles. The number of aliphatic hydroxyl groups is 2. The van der Waals surface area contributed by atoms with Gasteiger partial charge in [-0.15, -0.1) is 0 Å². The average Bonchev–Trinajstić information content (AvgIpc) is 3.04. The second-order valence-corrected chi connectivity index (χ2v) is 16.2. The summed E-state index contributed by atoms with van der Waals surface area (Å²) in [6.07, 6.45) is 11.4. The number of hydrogen-bond acceptors (Lipinski definition) is 4. The van der Waals surface area contributed by atoms with Crippen molar-refractivity contribution in [3.05, 3.63) is 60.2 Å². The van der Waals surface area contributed by atoms with E-state index in [0.717, 1.165) is 12.8 Å². The van der Waals surface area contributed by atoms with Crippen LogP contribution in [0.5, 0.6) is 0 Å². The van der Waals surface area contributed by atoms with E-state index in [2.05, 4.69) is 70.3 Å². The number of carboxylic acid groups (broad SMARTS) is 1. The molecule has 0 radical (unpaired) electrons. The highest BCUT2D eigenvalue weighted by atomic mass is 28.4. The molecule has 1 fully saturated rings. The highest BCUT2D eigenvalue weighted by Crippen LogP contribution is 2.39. The van der Waals surface area contributed by atoms with E-state index in [1.807, 2.05) is 18.2 Å². The van der Waals surface area contributed by atoms with Crippen molar-refractivity contribution >= 4 is 14.3 Å². The van der Waals surface area contributed by atoms with Crippen molar-refractivity contribution in [2.45, 2.75) is 102 Å². The van der Waals surface area contributed by atoms with Gasteiger partial charge in [-0.1, -0.05) is 75.4 Å². The lowest BCUT2D eigenvalue weighted by Crippen LogP contribution is -2.43. The lowest BCUT2D eigenvalue weighted by atomic mass is 9.89. The summed E-state index contributed by atoms with van der Waals surface area (Å²) in [4.78, 5) is 10.7. The standard InChI is InChI=1S/C29H46O5Si/c1-29(2,3)35(4,5)34-23(18-17-22-13-9-8-10-14-22)19-20-25-24(26(30)21-27(25)31)15-11-6-7-12-16-28(32)33/h6,8-11,13-14,19-20,23-27,30-31H,7,12,15-18,21H2,1-5H3,(H,32,33)/b11-6-,20-19+/t23-,24+,25+,26-,27+/m0/s1. The Balaban J connectivity index is 2.09. The molecule has 1 aliphatic rings. The number of allylic oxidation sites excluding steroid dienone is 2. The molecule has 196 valence electrons. The van der Waals surface area contributed by atoms with Crippen LogP contribution in [0.25, 0.3) is 0 Å². The minimum atomic E-state index is -1.99. The molecule has 0 spiro atoms. The Labute approximate surface area is 213 Å². The van der Waals surface area contributed by atoms with Crippen LogP contribution in [-0.2, 0) is 15.6 Å². The van der Waals surface area contributed by atoms with Crippen LogP contribution in [0, 0.1) is 11.8 Å². The summed E-state index contributed by atoms with van der Waals surface area (Å²) in [5.41, 5.74) is 1.28. The van der Waals surface area contributed by atoms with Crippen molar-refractivity contribution in [1.29, 1.82) is 0 Å². The number of benzene rings is 1. The average molecular weight is 503 g/mol. The van der Waals surface area contributed by atoms with Crippen LogP contribution in [-0.4, -0.2) is 47.9 Å². The third-order valence-electron chi connectivity index (χ3n) is 7.61. The molecule has 2 rings (SSSR count). The largest absolute Gasteiger partial charge is 0.481 e. The first kappa shape index (κ1) is 29.5. The third-order valence-corrected chi connectivity index (χ3v) is 12.1. The first-order chi connectivity index (χ1) is 16.4. The molecule has 1 aromatic rings. The second-order valence-electron chi connectivity index (χ2n) is 11.4. The highest BCUT2D eigenvalue weighted by molar-refractivity contribution is 6.74. The van der Waals surface area contributed by atoms with Gasteiger partial charge in [0, 0.05) is 18.8 Å². The molecule has 5 nitrogen and oxygen atoms in total. The van der Waals surface area contributed by atoms with Crippen LogP contribution in [0.4, 0.5) is 0 Å². The highest BCUT2D eigenvalue weighted by Gasteiger charge is 2.41. The van der Waals surface area contributed by atoms with E-state index in [1.165, 1.54) is 5.56 Å². The van der Waals surface area contributed by atoms with Gasteiger partial charge >= 0.3 is 5.97 Å². The maximum atomic E-state index is 10.7. The fraction of sp³-hybridized carbons (Fsp3) is 0.621. The van der Waals surface area contributed by atoms with Gasteiger partial charge in [0.2, 0.25) is 0 Å². The number of unbranched alkanes of at least 4 members (excludes halogenated alkanes) is 1. The zero-order chi connectivity index (χ0) is 26.1. The van der Waals surface area contributed by atoms with Gasteiger partial charge in [-0.05, 0) is 61.7 Å². The molecular formula is C29H46O5Si. The maximum Gasteiger partial charge on any atom is 0.303 e. The van der Waals surface area contributed by atoms with Gasteiger partial charge in [-0.25, -0.2) is 0 Å². The second kappa shape index (κ2) is 13.5. The molecule has 0 saturated heterocycles. The fourth-order valence-electron chi connectivity index (χ4n) is 4.40. The van der Waals surface area contributed by atoms with Gasteiger partial charge in [0.05, 0.1) is 18.3 Å². The van der Waals surface area contributed by atoms with Crippen LogP contribution in [0.2, 0.25) is 18.1 Å². The monoisotopic (exact) mass is 502 g/mol. The number of aryl methyl sites for hydroxylation is 1. The SMILES string of the molecule is CC(C)(C)[Si](C)(C)O[C@H](/C=C/[C@@H]1[C@@H](C/C=C\CCCC(=O)O)[C@@H](O)C[C@H]1O)CCc1ccccc1. The molecule has 1 aromatic carbocycles. The Morgan fingerprint density at radius 2 is 1.83 bits per heavy atom. The molecular weight excluding hydrogens is 456 g/mol. The van der Waals surface area contributed by atoms with Gasteiger partial charge in [0.25, 0.3) is 0 Å². The maximum absolute atomic E-state index is 10.7. The lowest BCUT2D eigenvalue weighted by Gasteiger charge is -2.39. The summed E-state index contributed by atoms with van der Waals surface area (Å²) < 4.78 is 6.77. The minimum Gasteiger partial charge on any atom is -0.481 e. The Morgan fingerprint density at radius 1 is 1.14 bits per heavy atom. The van der Waals surface area contributed by atoms with Gasteiger partial charge in [0.1, 0.15) is 0 Å². The molecule has 0 aromatic heterocycles. The Kier molecular flexibility index (Phi) is 11.4. The van der Waals surface area contributed by atoms with E-state index in [9.17, 15) is 15.0 Å². The zero-order valence-electron chi connectivity index (χ0n) is 22.2. The van der Waals surface area contributed by atoms with E-state index in [1.54, 1.807) is 0 Å². The molecule has 3 N–H and O–H groups in total. The summed E-state index contributed by atoms with van der Waals surface area (Å²) in [5.74, 6) is -0.963. The van der Waals surface area contributed by atoms with E-state index in [4.69, 9.17) is 9.53 Å². The van der Waals surface area contributed by atoms with Crippen LogP contribution < -0.4 is 0 Å². The molecule has 1 saturated carbocycles. The van der Waals surface area contributed by atoms with E-state index in [0.29, 0.717) is 25.7 Å². The molecule has 0 aliphatic heterocycles. The van der Waals surface area contributed by atoms with Crippen LogP contribution in [0.3, 0.4) is 0 Å². The van der Waals surface area contributed by atoms with Gasteiger partial charge in [-0.2, -0.15) is 0 Å². The smallest absolute Gasteiger partial charge is 0.303 e. The molecule has 35 heavy (non-hydrogen) atoms. The number of aliphatic hydroxyl groups excluding tert-OH is 2. The van der Waals surface area contributed by atoms with E-state index >= 15 is 0 Å². The van der Waals surface area contributed by atoms with Gasteiger partial charge in [-0.3, -0.25) is 4.79 Å². The molecule has 0 bridgehead atoms. The normalized spacial score (nSPS) is 24.4. The van der Waals surface area contributed by atoms with Crippen molar-refractivity contribution in [2.24, 2.45) is 11.8 Å². The molecule has 0 unspecified atom stereocenters. The number of carbonyl (C=O) groups is 1. The van der Waals surface area contributed by atoms with Crippen molar-refractivity contribution < 1.29 is 24.5 Å². The minimum absolute atomic E-state index is 0.0479. The van der Waals surface area contributed by atoms with Crippen molar-refractivity contribution in [3.8, 4) is 0 Å². The van der Waals surface area contributed by atoms with Crippen molar-refractivity contribution in [3.63, 3.8) is 0 Å². The predicted molar refractivity (Wildman–Crippen MR) is 145 cm³/mol. The number of rotatable bonds is 13. The summed E-state index contributed by atoms with van der Waals surface area (Å²) >= 11 is 0. The first-order valence-corrected chi connectivity index (χ1v) is 15.9. The summed E-state index contributed by atoms with van der Waals surface area (Å²) in [6, 6.07) is 10.4. The van der Waals surface area contributed by atoms with Crippen LogP contribution in [0.15, 0.2) is 54.6 Å². The number of hydrogen-bond donors (Lipinski definition) is 3. The quantitative estimate of drug-likeness (QED) is 0.172. The van der Waals surface area contributed by atoms with E-state index in [-0.39, 0.29) is 29.4 Å². The van der Waals surface area contributed by atoms with Crippen molar-refractivity contribution in [2.75, 3.05) is 0 Å². The molecule has 0 heterocycles. The predicted octanol–water partition coefficient (Wildman–Crippen LogP) is 6.12. The summed E-state index contributed by atoms with van der Waals surface area (Å²) in [7, 11) is -1.99. The third kappa shape index (κ3) is 9.68. The zero-order valence-corrected chi connectivity index (χ0v) is 23.2. The van der Waals surface area contributed by atoms with E-state index < -0.39 is 26.5 Å². The lowest BCUT2D eigenvalue weighted by molar-refractivity contribution is -0.137. The van der Waals surface area contributed by atoms with Gasteiger partial charge in [0.15, 0.2) is 8.32 Å². The summed E-state index contributed by atoms with van der Waals surface area (Å²) in [5, 5.41) is 30.1. The molecule has 6 heteroatoms. The van der Waals surface area contributed by atoms with Crippen LogP contribution >= 0.6 is 0 Å². The number of aliphatic carboxylic acids is 1. The molecule has 5 atom stereocenters. The topological polar surface area (TPSA) is 87.0 Å². The summed E-state index contributed by atoms with van der Waals surface area (Å²) in [6.45, 7) is 11.3. The Hall–Kier alpha value is -1.73. The number of carboxylic acids is 1. The van der Waals surface area contributed by atoms with Crippen molar-refractivity contribution in [1.82, 2.24) is 0 Å². The Morgan fingerprint density at radius 3 is 2.46 bits per heavy atom. The van der Waals surface area contributed by atoms with Crippen LogP contribution in [0.1, 0.15) is 64.9 Å². The fourth-order valence-corrected chi connectivity index (χ4v) is 5.71. The first-order valence-electron chi connectivity index (χ1n) is 13.0. The molecule has 0 amide bonds. The Bertz CT molecular complexity index is 827. The van der Waals surface area contributed by atoms with Gasteiger partial charge < -0.3 is 19.7 Å².